The first-order valence-electron chi connectivity index (χ1n) is 11.8. The average Bonchev–Trinajstić information content (AvgIpc) is 3.55. The van der Waals surface area contributed by atoms with Crippen LogP contribution in [-0.4, -0.2) is 19.1 Å². The predicted octanol–water partition coefficient (Wildman–Crippen LogP) is 6.63. The Bertz CT molecular complexity index is 1380. The molecule has 2 aromatic carbocycles. The zero-order valence-corrected chi connectivity index (χ0v) is 18.9. The zero-order chi connectivity index (χ0) is 22.9. The predicted molar refractivity (Wildman–Crippen MR) is 135 cm³/mol. The minimum Gasteiger partial charge on any atom is -0.457 e. The normalized spacial score (nSPS) is 18.2. The van der Waals surface area contributed by atoms with Crippen LogP contribution in [0.3, 0.4) is 0 Å². The van der Waals surface area contributed by atoms with E-state index in [0.29, 0.717) is 17.9 Å². The van der Waals surface area contributed by atoms with Gasteiger partial charge in [-0.05, 0) is 67.6 Å². The molecule has 6 heteroatoms. The molecule has 6 nitrogen and oxygen atoms in total. The van der Waals surface area contributed by atoms with Gasteiger partial charge in [-0.3, -0.25) is 0 Å². The van der Waals surface area contributed by atoms with Gasteiger partial charge in [-0.1, -0.05) is 30.3 Å². The van der Waals surface area contributed by atoms with Crippen molar-refractivity contribution in [1.29, 1.82) is 0 Å². The van der Waals surface area contributed by atoms with Crippen LogP contribution >= 0.6 is 0 Å². The molecule has 0 bridgehead atoms. The highest BCUT2D eigenvalue weighted by Gasteiger charge is 2.26. The van der Waals surface area contributed by atoms with E-state index >= 15 is 0 Å². The van der Waals surface area contributed by atoms with Crippen LogP contribution < -0.4 is 10.5 Å². The summed E-state index contributed by atoms with van der Waals surface area (Å²) in [7, 11) is 0. The first kappa shape index (κ1) is 20.5. The van der Waals surface area contributed by atoms with Crippen LogP contribution in [0.2, 0.25) is 0 Å². The lowest BCUT2D eigenvalue weighted by molar-refractivity contribution is 0.278. The van der Waals surface area contributed by atoms with Crippen LogP contribution in [0.25, 0.3) is 22.2 Å². The van der Waals surface area contributed by atoms with E-state index in [1.54, 1.807) is 6.33 Å². The molecular weight excluding hydrogens is 422 g/mol. The van der Waals surface area contributed by atoms with Crippen LogP contribution in [0.4, 0.5) is 5.82 Å². The van der Waals surface area contributed by atoms with Gasteiger partial charge in [0.1, 0.15) is 29.3 Å². The molecule has 1 aliphatic rings. The standard InChI is InChI=1S/C28H27N5O/c29-27-26-25(20-8-14-24(15-9-20)34-23-6-2-1-3-7-23)18-33(28(26)31-19-30-27)22-12-10-21(11-13-22)32-16-4-5-17-32/h1-9,14-19,21-22H,10-13H2,(H2,29,30,31). The molecule has 2 N–H and O–H groups in total. The second kappa shape index (κ2) is 8.71. The topological polar surface area (TPSA) is 70.9 Å². The minimum atomic E-state index is 0.401. The Morgan fingerprint density at radius 2 is 1.44 bits per heavy atom. The van der Waals surface area contributed by atoms with Crippen molar-refractivity contribution in [2.45, 2.75) is 37.8 Å². The van der Waals surface area contributed by atoms with Crippen LogP contribution in [0.15, 0.2) is 91.6 Å². The van der Waals surface area contributed by atoms with Gasteiger partial charge in [0.25, 0.3) is 0 Å². The maximum Gasteiger partial charge on any atom is 0.146 e. The third kappa shape index (κ3) is 3.81. The van der Waals surface area contributed by atoms with Crippen LogP contribution in [0, 0.1) is 0 Å². The Morgan fingerprint density at radius 3 is 2.18 bits per heavy atom. The SMILES string of the molecule is Nc1ncnc2c1c(-c1ccc(Oc3ccccc3)cc1)cn2C1CCC(n2cccc2)CC1. The molecule has 0 radical (unpaired) electrons. The molecule has 170 valence electrons. The number of benzene rings is 2. The fraction of sp³-hybridized carbons (Fsp3) is 0.214. The maximum atomic E-state index is 6.36. The molecule has 0 saturated heterocycles. The number of ether oxygens (including phenoxy) is 1. The van der Waals surface area contributed by atoms with E-state index in [2.05, 4.69) is 62.0 Å². The summed E-state index contributed by atoms with van der Waals surface area (Å²) < 4.78 is 10.6. The van der Waals surface area contributed by atoms with Gasteiger partial charge in [-0.2, -0.15) is 0 Å². The van der Waals surface area contributed by atoms with Gasteiger partial charge in [0, 0.05) is 36.2 Å². The first-order valence-corrected chi connectivity index (χ1v) is 11.8. The fourth-order valence-corrected chi connectivity index (χ4v) is 5.16. The summed E-state index contributed by atoms with van der Waals surface area (Å²) in [6, 6.07) is 23.1. The van der Waals surface area contributed by atoms with Crippen molar-refractivity contribution in [3.05, 3.63) is 91.6 Å². The lowest BCUT2D eigenvalue weighted by atomic mass is 9.91. The molecule has 0 spiro atoms. The molecule has 3 heterocycles. The van der Waals surface area contributed by atoms with Gasteiger partial charge in [0.15, 0.2) is 0 Å². The highest BCUT2D eigenvalue weighted by molar-refractivity contribution is 6.00. The molecule has 5 aromatic rings. The van der Waals surface area contributed by atoms with Gasteiger partial charge >= 0.3 is 0 Å². The molecule has 1 saturated carbocycles. The van der Waals surface area contributed by atoms with Gasteiger partial charge in [0.05, 0.1) is 5.39 Å². The van der Waals surface area contributed by atoms with Crippen molar-refractivity contribution in [3.8, 4) is 22.6 Å². The highest BCUT2D eigenvalue weighted by atomic mass is 16.5. The van der Waals surface area contributed by atoms with Crippen molar-refractivity contribution in [2.75, 3.05) is 5.73 Å². The summed E-state index contributed by atoms with van der Waals surface area (Å²) in [4.78, 5) is 8.94. The number of nitrogen functional groups attached to an aromatic ring is 1. The smallest absolute Gasteiger partial charge is 0.146 e. The van der Waals surface area contributed by atoms with E-state index in [-0.39, 0.29) is 0 Å². The third-order valence-corrected chi connectivity index (χ3v) is 6.89. The average molecular weight is 450 g/mol. The van der Waals surface area contributed by atoms with Gasteiger partial charge in [0.2, 0.25) is 0 Å². The Kier molecular flexibility index (Phi) is 5.26. The van der Waals surface area contributed by atoms with Crippen molar-refractivity contribution < 1.29 is 4.74 Å². The molecule has 6 rings (SSSR count). The minimum absolute atomic E-state index is 0.401. The first-order chi connectivity index (χ1) is 16.8. The number of rotatable bonds is 5. The van der Waals surface area contributed by atoms with Crippen molar-refractivity contribution in [1.82, 2.24) is 19.1 Å². The van der Waals surface area contributed by atoms with Crippen molar-refractivity contribution in [2.24, 2.45) is 0 Å². The summed E-state index contributed by atoms with van der Waals surface area (Å²) in [5.74, 6) is 2.13. The number of hydrogen-bond acceptors (Lipinski definition) is 4. The van der Waals surface area contributed by atoms with Gasteiger partial charge in [-0.25, -0.2) is 9.97 Å². The Hall–Kier alpha value is -4.06. The number of aromatic nitrogens is 4. The number of fused-ring (bicyclic) bond motifs is 1. The molecular formula is C28H27N5O. The summed E-state index contributed by atoms with van der Waals surface area (Å²) in [5.41, 5.74) is 9.41. The summed E-state index contributed by atoms with van der Waals surface area (Å²) in [6.07, 6.45) is 12.7. The Morgan fingerprint density at radius 1 is 0.765 bits per heavy atom. The molecule has 3 aromatic heterocycles. The van der Waals surface area contributed by atoms with Gasteiger partial charge in [-0.15, -0.1) is 0 Å². The van der Waals surface area contributed by atoms with Crippen LogP contribution in [-0.2, 0) is 0 Å². The van der Waals surface area contributed by atoms with Crippen LogP contribution in [0.5, 0.6) is 11.5 Å². The van der Waals surface area contributed by atoms with Gasteiger partial charge < -0.3 is 19.6 Å². The van der Waals surface area contributed by atoms with Crippen LogP contribution in [0.1, 0.15) is 37.8 Å². The molecule has 34 heavy (non-hydrogen) atoms. The summed E-state index contributed by atoms with van der Waals surface area (Å²) in [5, 5.41) is 0.923. The van der Waals surface area contributed by atoms with E-state index in [1.165, 1.54) is 0 Å². The summed E-state index contributed by atoms with van der Waals surface area (Å²) in [6.45, 7) is 0. The molecule has 1 aliphatic carbocycles. The number of para-hydroxylation sites is 1. The van der Waals surface area contributed by atoms with E-state index in [4.69, 9.17) is 10.5 Å². The van der Waals surface area contributed by atoms with Crippen molar-refractivity contribution in [3.63, 3.8) is 0 Å². The lowest BCUT2D eigenvalue weighted by Gasteiger charge is -2.30. The summed E-state index contributed by atoms with van der Waals surface area (Å²) >= 11 is 0. The van der Waals surface area contributed by atoms with E-state index in [0.717, 1.165) is 59.3 Å². The number of nitrogens with two attached hydrogens (primary N) is 1. The number of nitrogens with zero attached hydrogens (tertiary/aromatic N) is 4. The second-order valence-corrected chi connectivity index (χ2v) is 8.94. The van der Waals surface area contributed by atoms with E-state index < -0.39 is 0 Å². The van der Waals surface area contributed by atoms with E-state index in [1.807, 2.05) is 42.5 Å². The molecule has 1 fully saturated rings. The third-order valence-electron chi connectivity index (χ3n) is 6.89. The van der Waals surface area contributed by atoms with Crippen molar-refractivity contribution >= 4 is 16.9 Å². The number of anilines is 1. The number of hydrogen-bond donors (Lipinski definition) is 1. The lowest BCUT2D eigenvalue weighted by Crippen LogP contribution is -2.19. The molecule has 0 aliphatic heterocycles. The molecule has 0 unspecified atom stereocenters. The second-order valence-electron chi connectivity index (χ2n) is 8.94. The fourth-order valence-electron chi connectivity index (χ4n) is 5.16. The van der Waals surface area contributed by atoms with E-state index in [9.17, 15) is 0 Å². The molecule has 0 amide bonds. The largest absolute Gasteiger partial charge is 0.457 e. The Balaban J connectivity index is 1.30. The monoisotopic (exact) mass is 449 g/mol. The highest BCUT2D eigenvalue weighted by Crippen LogP contribution is 2.40. The molecule has 0 atom stereocenters. The maximum absolute atomic E-state index is 6.36. The Labute approximate surface area is 198 Å². The quantitative estimate of drug-likeness (QED) is 0.327. The zero-order valence-electron chi connectivity index (χ0n) is 18.9.